The molecule has 0 aliphatic heterocycles. The summed E-state index contributed by atoms with van der Waals surface area (Å²) in [5.41, 5.74) is 5.93. The summed E-state index contributed by atoms with van der Waals surface area (Å²) in [7, 11) is 0. The Bertz CT molecular complexity index is 593. The minimum atomic E-state index is -0.579. The quantitative estimate of drug-likeness (QED) is 0.734. The number of hydrogen-bond acceptors (Lipinski definition) is 4. The molecule has 0 bridgehead atoms. The summed E-state index contributed by atoms with van der Waals surface area (Å²) >= 11 is 0. The minimum Gasteiger partial charge on any atom is -0.468 e. The predicted molar refractivity (Wildman–Crippen MR) is 74.0 cm³/mol. The van der Waals surface area contributed by atoms with Gasteiger partial charge in [0.1, 0.15) is 5.76 Å². The van der Waals surface area contributed by atoms with Crippen molar-refractivity contribution in [1.29, 1.82) is 0 Å². The molecule has 104 valence electrons. The Hall–Kier alpha value is -2.60. The van der Waals surface area contributed by atoms with Gasteiger partial charge in [-0.2, -0.15) is 0 Å². The first kappa shape index (κ1) is 13.8. The second-order valence-electron chi connectivity index (χ2n) is 4.14. The fraction of sp³-hybridized carbons (Fsp3) is 0.143. The molecule has 6 nitrogen and oxygen atoms in total. The Morgan fingerprint density at radius 3 is 2.65 bits per heavy atom. The average Bonchev–Trinajstić information content (AvgIpc) is 2.92. The third-order valence-corrected chi connectivity index (χ3v) is 2.63. The molecule has 2 amide bonds. The lowest BCUT2D eigenvalue weighted by Gasteiger charge is -2.09. The van der Waals surface area contributed by atoms with Gasteiger partial charge in [0.15, 0.2) is 0 Å². The summed E-state index contributed by atoms with van der Waals surface area (Å²) < 4.78 is 5.13. The molecule has 0 aliphatic rings. The first-order valence-corrected chi connectivity index (χ1v) is 6.08. The molecule has 20 heavy (non-hydrogen) atoms. The van der Waals surface area contributed by atoms with Gasteiger partial charge in [-0.1, -0.05) is 12.1 Å². The van der Waals surface area contributed by atoms with Gasteiger partial charge in [0.25, 0.3) is 5.91 Å². The van der Waals surface area contributed by atoms with Crippen LogP contribution in [0.4, 0.5) is 5.69 Å². The van der Waals surface area contributed by atoms with Gasteiger partial charge in [0, 0.05) is 0 Å². The van der Waals surface area contributed by atoms with Crippen LogP contribution in [-0.4, -0.2) is 18.4 Å². The summed E-state index contributed by atoms with van der Waals surface area (Å²) in [4.78, 5) is 23.0. The van der Waals surface area contributed by atoms with Gasteiger partial charge < -0.3 is 20.8 Å². The van der Waals surface area contributed by atoms with Crippen LogP contribution in [0, 0.1) is 0 Å². The van der Waals surface area contributed by atoms with Crippen molar-refractivity contribution < 1.29 is 14.0 Å². The van der Waals surface area contributed by atoms with Crippen LogP contribution >= 0.6 is 0 Å². The lowest BCUT2D eigenvalue weighted by Crippen LogP contribution is -2.28. The van der Waals surface area contributed by atoms with E-state index in [1.807, 2.05) is 6.07 Å². The van der Waals surface area contributed by atoms with E-state index in [1.165, 1.54) is 0 Å². The molecule has 1 aromatic carbocycles. The normalized spacial score (nSPS) is 10.2. The predicted octanol–water partition coefficient (Wildman–Crippen LogP) is 1.11. The molecule has 0 fully saturated rings. The topological polar surface area (TPSA) is 97.4 Å². The third-order valence-electron chi connectivity index (χ3n) is 2.63. The third kappa shape index (κ3) is 3.69. The zero-order valence-electron chi connectivity index (χ0n) is 10.8. The Balaban J connectivity index is 1.87. The molecule has 2 aromatic rings. The van der Waals surface area contributed by atoms with Crippen molar-refractivity contribution in [3.8, 4) is 0 Å². The van der Waals surface area contributed by atoms with Crippen molar-refractivity contribution in [2.45, 2.75) is 6.54 Å². The number of nitrogens with two attached hydrogens (primary N) is 1. The van der Waals surface area contributed by atoms with E-state index in [1.54, 1.807) is 36.6 Å². The first-order chi connectivity index (χ1) is 9.66. The molecule has 0 saturated heterocycles. The summed E-state index contributed by atoms with van der Waals surface area (Å²) in [6.45, 7) is 0.561. The lowest BCUT2D eigenvalue weighted by molar-refractivity contribution is -0.115. The Kier molecular flexibility index (Phi) is 4.52. The van der Waals surface area contributed by atoms with Crippen LogP contribution in [0.15, 0.2) is 47.1 Å². The number of carbonyl (C=O) groups excluding carboxylic acids is 2. The van der Waals surface area contributed by atoms with Gasteiger partial charge in [-0.05, 0) is 24.3 Å². The fourth-order valence-electron chi connectivity index (χ4n) is 1.71. The van der Waals surface area contributed by atoms with Gasteiger partial charge in [-0.3, -0.25) is 9.59 Å². The molecule has 6 heteroatoms. The molecule has 0 radical (unpaired) electrons. The smallest absolute Gasteiger partial charge is 0.250 e. The molecule has 4 N–H and O–H groups in total. The van der Waals surface area contributed by atoms with Crippen molar-refractivity contribution in [3.63, 3.8) is 0 Å². The molecule has 0 atom stereocenters. The zero-order chi connectivity index (χ0) is 14.4. The van der Waals surface area contributed by atoms with Crippen LogP contribution in [0.3, 0.4) is 0 Å². The molecule has 0 unspecified atom stereocenters. The summed E-state index contributed by atoms with van der Waals surface area (Å²) in [5.74, 6) is -0.0926. The summed E-state index contributed by atoms with van der Waals surface area (Å²) in [6.07, 6.45) is 1.57. The summed E-state index contributed by atoms with van der Waals surface area (Å²) in [6, 6.07) is 10.2. The Morgan fingerprint density at radius 1 is 1.15 bits per heavy atom. The van der Waals surface area contributed by atoms with Gasteiger partial charge in [-0.15, -0.1) is 0 Å². The van der Waals surface area contributed by atoms with Crippen LogP contribution < -0.4 is 16.4 Å². The maximum absolute atomic E-state index is 11.8. The van der Waals surface area contributed by atoms with Crippen LogP contribution in [0.25, 0.3) is 0 Å². The molecule has 2 rings (SSSR count). The zero-order valence-corrected chi connectivity index (χ0v) is 10.8. The SMILES string of the molecule is NC(=O)c1ccccc1NC(=O)CNCc1ccco1. The van der Waals surface area contributed by atoms with E-state index in [4.69, 9.17) is 10.2 Å². The van der Waals surface area contributed by atoms with Crippen molar-refractivity contribution in [3.05, 3.63) is 54.0 Å². The monoisotopic (exact) mass is 273 g/mol. The van der Waals surface area contributed by atoms with Gasteiger partial charge in [0.05, 0.1) is 30.6 Å². The van der Waals surface area contributed by atoms with Crippen molar-refractivity contribution in [2.75, 3.05) is 11.9 Å². The number of para-hydroxylation sites is 1. The van der Waals surface area contributed by atoms with E-state index in [-0.39, 0.29) is 18.0 Å². The molecular formula is C14H15N3O3. The number of rotatable bonds is 6. The molecule has 0 saturated carbocycles. The number of carbonyl (C=O) groups is 2. The number of anilines is 1. The van der Waals surface area contributed by atoms with E-state index in [0.717, 1.165) is 5.76 Å². The number of benzene rings is 1. The lowest BCUT2D eigenvalue weighted by atomic mass is 10.1. The second kappa shape index (κ2) is 6.53. The standard InChI is InChI=1S/C14H15N3O3/c15-14(19)11-5-1-2-6-12(11)17-13(18)9-16-8-10-4-3-7-20-10/h1-7,16H,8-9H2,(H2,15,19)(H,17,18). The van der Waals surface area contributed by atoms with Gasteiger partial charge in [0.2, 0.25) is 5.91 Å². The van der Waals surface area contributed by atoms with E-state index in [9.17, 15) is 9.59 Å². The molecule has 0 aliphatic carbocycles. The van der Waals surface area contributed by atoms with Crippen LogP contribution in [0.2, 0.25) is 0 Å². The van der Waals surface area contributed by atoms with Gasteiger partial charge >= 0.3 is 0 Å². The summed E-state index contributed by atoms with van der Waals surface area (Å²) in [5, 5.41) is 5.57. The average molecular weight is 273 g/mol. The van der Waals surface area contributed by atoms with Crippen molar-refractivity contribution in [1.82, 2.24) is 5.32 Å². The largest absolute Gasteiger partial charge is 0.468 e. The number of furan rings is 1. The van der Waals surface area contributed by atoms with Crippen LogP contribution in [0.1, 0.15) is 16.1 Å². The number of hydrogen-bond donors (Lipinski definition) is 3. The number of primary amides is 1. The molecule has 1 heterocycles. The van der Waals surface area contributed by atoms with E-state index in [0.29, 0.717) is 12.2 Å². The van der Waals surface area contributed by atoms with Gasteiger partial charge in [-0.25, -0.2) is 0 Å². The number of amides is 2. The molecule has 0 spiro atoms. The molecule has 1 aromatic heterocycles. The van der Waals surface area contributed by atoms with Crippen molar-refractivity contribution in [2.24, 2.45) is 5.73 Å². The Morgan fingerprint density at radius 2 is 1.95 bits per heavy atom. The highest BCUT2D eigenvalue weighted by Crippen LogP contribution is 2.13. The van der Waals surface area contributed by atoms with Crippen LogP contribution in [-0.2, 0) is 11.3 Å². The van der Waals surface area contributed by atoms with Crippen molar-refractivity contribution >= 4 is 17.5 Å². The maximum atomic E-state index is 11.8. The highest BCUT2D eigenvalue weighted by Gasteiger charge is 2.09. The van der Waals surface area contributed by atoms with E-state index < -0.39 is 5.91 Å². The van der Waals surface area contributed by atoms with E-state index in [2.05, 4.69) is 10.6 Å². The van der Waals surface area contributed by atoms with Crippen LogP contribution in [0.5, 0.6) is 0 Å². The van der Waals surface area contributed by atoms with E-state index >= 15 is 0 Å². The number of nitrogens with one attached hydrogen (secondary N) is 2. The minimum absolute atomic E-state index is 0.105. The first-order valence-electron chi connectivity index (χ1n) is 6.08. The fourth-order valence-corrected chi connectivity index (χ4v) is 1.71. The highest BCUT2D eigenvalue weighted by molar-refractivity contribution is 6.03. The molecular weight excluding hydrogens is 258 g/mol. The Labute approximate surface area is 116 Å². The highest BCUT2D eigenvalue weighted by atomic mass is 16.3. The maximum Gasteiger partial charge on any atom is 0.250 e. The second-order valence-corrected chi connectivity index (χ2v) is 4.14.